The third-order valence-corrected chi connectivity index (χ3v) is 4.24. The van der Waals surface area contributed by atoms with Crippen molar-refractivity contribution in [3.63, 3.8) is 0 Å². The topological polar surface area (TPSA) is 52.6 Å². The van der Waals surface area contributed by atoms with Gasteiger partial charge in [-0.15, -0.1) is 0 Å². The van der Waals surface area contributed by atoms with Gasteiger partial charge in [0.05, 0.1) is 0 Å². The molecule has 1 aromatic heterocycles. The Morgan fingerprint density at radius 3 is 2.46 bits per heavy atom. The van der Waals surface area contributed by atoms with Crippen molar-refractivity contribution < 1.29 is 4.79 Å². The lowest BCUT2D eigenvalue weighted by molar-refractivity contribution is -0.118. The predicted molar refractivity (Wildman–Crippen MR) is 95.7 cm³/mol. The van der Waals surface area contributed by atoms with Gasteiger partial charge in [0.15, 0.2) is 0 Å². The van der Waals surface area contributed by atoms with Crippen LogP contribution in [-0.4, -0.2) is 54.0 Å². The van der Waals surface area contributed by atoms with E-state index in [9.17, 15) is 4.79 Å². The molecule has 0 bridgehead atoms. The number of para-hydroxylation sites is 1. The molecule has 1 amide bonds. The van der Waals surface area contributed by atoms with Crippen molar-refractivity contribution in [2.45, 2.75) is 13.8 Å². The molecule has 6 heteroatoms. The number of aromatic nitrogens is 2. The van der Waals surface area contributed by atoms with E-state index in [1.165, 1.54) is 0 Å². The fourth-order valence-corrected chi connectivity index (χ4v) is 2.93. The highest BCUT2D eigenvalue weighted by molar-refractivity contribution is 5.61. The SMILES string of the molecule is CCN(c1ccccc1)c1cc(C)nc(N2CCN(C=O)CC2)n1. The van der Waals surface area contributed by atoms with Gasteiger partial charge in [0.2, 0.25) is 12.4 Å². The molecule has 0 spiro atoms. The summed E-state index contributed by atoms with van der Waals surface area (Å²) in [7, 11) is 0. The fourth-order valence-electron chi connectivity index (χ4n) is 2.93. The third kappa shape index (κ3) is 3.48. The van der Waals surface area contributed by atoms with E-state index in [0.29, 0.717) is 13.1 Å². The molecule has 2 heterocycles. The van der Waals surface area contributed by atoms with Crippen LogP contribution in [0.2, 0.25) is 0 Å². The van der Waals surface area contributed by atoms with Gasteiger partial charge in [-0.05, 0) is 26.0 Å². The van der Waals surface area contributed by atoms with Crippen LogP contribution in [0.4, 0.5) is 17.5 Å². The third-order valence-electron chi connectivity index (χ3n) is 4.24. The number of anilines is 3. The molecule has 0 radical (unpaired) electrons. The fraction of sp³-hybridized carbons (Fsp3) is 0.389. The van der Waals surface area contributed by atoms with Crippen LogP contribution >= 0.6 is 0 Å². The van der Waals surface area contributed by atoms with Crippen LogP contribution in [0, 0.1) is 6.92 Å². The van der Waals surface area contributed by atoms with Gasteiger partial charge in [0.1, 0.15) is 5.82 Å². The van der Waals surface area contributed by atoms with Crippen LogP contribution in [0.5, 0.6) is 0 Å². The average molecular weight is 325 g/mol. The van der Waals surface area contributed by atoms with Gasteiger partial charge in [-0.25, -0.2) is 4.98 Å². The maximum absolute atomic E-state index is 10.9. The summed E-state index contributed by atoms with van der Waals surface area (Å²) in [5.74, 6) is 1.65. The lowest BCUT2D eigenvalue weighted by atomic mass is 10.2. The lowest BCUT2D eigenvalue weighted by Crippen LogP contribution is -2.46. The number of hydrogen-bond acceptors (Lipinski definition) is 5. The van der Waals surface area contributed by atoms with Crippen molar-refractivity contribution in [2.24, 2.45) is 0 Å². The molecule has 1 aliphatic rings. The molecular weight excluding hydrogens is 302 g/mol. The Balaban J connectivity index is 1.87. The lowest BCUT2D eigenvalue weighted by Gasteiger charge is -2.33. The van der Waals surface area contributed by atoms with Crippen molar-refractivity contribution in [1.82, 2.24) is 14.9 Å². The van der Waals surface area contributed by atoms with Crippen LogP contribution in [0.3, 0.4) is 0 Å². The van der Waals surface area contributed by atoms with E-state index < -0.39 is 0 Å². The Bertz CT molecular complexity index is 683. The highest BCUT2D eigenvalue weighted by Gasteiger charge is 2.19. The summed E-state index contributed by atoms with van der Waals surface area (Å²) < 4.78 is 0. The molecule has 1 saturated heterocycles. The normalized spacial score (nSPS) is 14.6. The minimum absolute atomic E-state index is 0.715. The number of amides is 1. The average Bonchev–Trinajstić information content (AvgIpc) is 2.63. The largest absolute Gasteiger partial charge is 0.342 e. The Morgan fingerprint density at radius 2 is 1.83 bits per heavy atom. The van der Waals surface area contributed by atoms with Crippen LogP contribution in [0.25, 0.3) is 0 Å². The number of nitrogens with zero attached hydrogens (tertiary/aromatic N) is 5. The quantitative estimate of drug-likeness (QED) is 0.789. The van der Waals surface area contributed by atoms with Gasteiger partial charge in [0.25, 0.3) is 0 Å². The minimum Gasteiger partial charge on any atom is -0.342 e. The molecule has 0 N–H and O–H groups in total. The summed E-state index contributed by atoms with van der Waals surface area (Å²) in [6, 6.07) is 12.3. The molecule has 2 aromatic rings. The Kier molecular flexibility index (Phi) is 4.93. The van der Waals surface area contributed by atoms with Crippen LogP contribution in [0.15, 0.2) is 36.4 Å². The van der Waals surface area contributed by atoms with Gasteiger partial charge in [0, 0.05) is 50.2 Å². The van der Waals surface area contributed by atoms with E-state index in [1.807, 2.05) is 31.2 Å². The van der Waals surface area contributed by atoms with Crippen LogP contribution in [-0.2, 0) is 4.79 Å². The van der Waals surface area contributed by atoms with Crippen molar-refractivity contribution in [1.29, 1.82) is 0 Å². The van der Waals surface area contributed by atoms with E-state index in [2.05, 4.69) is 33.8 Å². The standard InChI is InChI=1S/C18H23N5O/c1-3-23(16-7-5-4-6-8-16)17-13-15(2)19-18(20-17)22-11-9-21(14-24)10-12-22/h4-8,13-14H,3,9-12H2,1-2H3. The molecule has 0 saturated carbocycles. The minimum atomic E-state index is 0.715. The van der Waals surface area contributed by atoms with E-state index in [-0.39, 0.29) is 0 Å². The molecule has 6 nitrogen and oxygen atoms in total. The molecule has 1 aliphatic heterocycles. The number of rotatable bonds is 5. The van der Waals surface area contributed by atoms with Gasteiger partial charge < -0.3 is 14.7 Å². The number of hydrogen-bond donors (Lipinski definition) is 0. The summed E-state index contributed by atoms with van der Waals surface area (Å²) in [5, 5.41) is 0. The molecule has 0 aliphatic carbocycles. The highest BCUT2D eigenvalue weighted by Crippen LogP contribution is 2.25. The molecule has 126 valence electrons. The smallest absolute Gasteiger partial charge is 0.227 e. The summed E-state index contributed by atoms with van der Waals surface area (Å²) in [5.41, 5.74) is 2.07. The number of piperazine rings is 1. The molecular formula is C18H23N5O. The second kappa shape index (κ2) is 7.29. The van der Waals surface area contributed by atoms with E-state index >= 15 is 0 Å². The molecule has 3 rings (SSSR count). The summed E-state index contributed by atoms with van der Waals surface area (Å²) >= 11 is 0. The first kappa shape index (κ1) is 16.2. The van der Waals surface area contributed by atoms with E-state index in [4.69, 9.17) is 4.98 Å². The maximum atomic E-state index is 10.9. The van der Waals surface area contributed by atoms with Crippen molar-refractivity contribution in [3.8, 4) is 0 Å². The van der Waals surface area contributed by atoms with Crippen molar-refractivity contribution in [3.05, 3.63) is 42.1 Å². The Labute approximate surface area is 142 Å². The Morgan fingerprint density at radius 1 is 1.12 bits per heavy atom. The zero-order valence-corrected chi connectivity index (χ0v) is 14.2. The number of benzene rings is 1. The van der Waals surface area contributed by atoms with Crippen molar-refractivity contribution in [2.75, 3.05) is 42.5 Å². The predicted octanol–water partition coefficient (Wildman–Crippen LogP) is 2.22. The molecule has 0 atom stereocenters. The summed E-state index contributed by atoms with van der Waals surface area (Å²) in [4.78, 5) is 26.4. The van der Waals surface area contributed by atoms with Gasteiger partial charge >= 0.3 is 0 Å². The van der Waals surface area contributed by atoms with Crippen LogP contribution < -0.4 is 9.80 Å². The zero-order valence-electron chi connectivity index (χ0n) is 14.2. The molecule has 0 unspecified atom stereocenters. The van der Waals surface area contributed by atoms with Gasteiger partial charge in [-0.3, -0.25) is 4.79 Å². The maximum Gasteiger partial charge on any atom is 0.227 e. The number of carbonyl (C=O) groups is 1. The summed E-state index contributed by atoms with van der Waals surface area (Å²) in [6.07, 6.45) is 0.911. The number of aryl methyl sites for hydroxylation is 1. The number of carbonyl (C=O) groups excluding carboxylic acids is 1. The van der Waals surface area contributed by atoms with Gasteiger partial charge in [-0.2, -0.15) is 4.98 Å². The second-order valence-electron chi connectivity index (χ2n) is 5.88. The van der Waals surface area contributed by atoms with Crippen LogP contribution in [0.1, 0.15) is 12.6 Å². The monoisotopic (exact) mass is 325 g/mol. The van der Waals surface area contributed by atoms with Gasteiger partial charge in [-0.1, -0.05) is 18.2 Å². The second-order valence-corrected chi connectivity index (χ2v) is 5.88. The van der Waals surface area contributed by atoms with E-state index in [0.717, 1.165) is 49.2 Å². The molecule has 1 aromatic carbocycles. The first-order valence-corrected chi connectivity index (χ1v) is 8.34. The first-order chi connectivity index (χ1) is 11.7. The van der Waals surface area contributed by atoms with Crippen molar-refractivity contribution >= 4 is 23.9 Å². The highest BCUT2D eigenvalue weighted by atomic mass is 16.1. The zero-order chi connectivity index (χ0) is 16.9. The first-order valence-electron chi connectivity index (χ1n) is 8.34. The summed E-state index contributed by atoms with van der Waals surface area (Å²) in [6.45, 7) is 7.90. The molecule has 1 fully saturated rings. The van der Waals surface area contributed by atoms with E-state index in [1.54, 1.807) is 4.90 Å². The molecule has 24 heavy (non-hydrogen) atoms. The Hall–Kier alpha value is -2.63.